The predicted octanol–water partition coefficient (Wildman–Crippen LogP) is 4.37. The Morgan fingerprint density at radius 3 is 2.34 bits per heavy atom. The molecule has 0 saturated carbocycles. The molecule has 0 fully saturated rings. The SMILES string of the molecule is CC(C)C(Oc1ccccc1C#N)C(=O)N(C)CC(=O)Nc1c(Cl)cccc1Cl. The summed E-state index contributed by atoms with van der Waals surface area (Å²) < 4.78 is 5.83. The zero-order chi connectivity index (χ0) is 21.6. The Hall–Kier alpha value is -2.75. The van der Waals surface area contributed by atoms with E-state index in [0.717, 1.165) is 0 Å². The number of para-hydroxylation sites is 2. The second-order valence-corrected chi connectivity index (χ2v) is 7.54. The molecule has 1 atom stereocenters. The maximum atomic E-state index is 12.9. The fraction of sp³-hybridized carbons (Fsp3) is 0.286. The Balaban J connectivity index is 2.09. The van der Waals surface area contributed by atoms with Crippen molar-refractivity contribution in [3.63, 3.8) is 0 Å². The summed E-state index contributed by atoms with van der Waals surface area (Å²) >= 11 is 12.1. The van der Waals surface area contributed by atoms with Gasteiger partial charge < -0.3 is 15.0 Å². The number of likely N-dealkylation sites (N-methyl/N-ethyl adjacent to an activating group) is 1. The molecule has 2 aromatic carbocycles. The number of anilines is 1. The van der Waals surface area contributed by atoms with Crippen LogP contribution in [0.5, 0.6) is 5.75 Å². The Bertz CT molecular complexity index is 921. The minimum absolute atomic E-state index is 0.183. The largest absolute Gasteiger partial charge is 0.479 e. The number of halogens is 2. The van der Waals surface area contributed by atoms with Crippen LogP contribution in [0.25, 0.3) is 0 Å². The van der Waals surface area contributed by atoms with Gasteiger partial charge in [-0.1, -0.05) is 55.2 Å². The predicted molar refractivity (Wildman–Crippen MR) is 113 cm³/mol. The molecule has 0 bridgehead atoms. The molecule has 6 nitrogen and oxygen atoms in total. The summed E-state index contributed by atoms with van der Waals surface area (Å²) in [5.41, 5.74) is 0.626. The van der Waals surface area contributed by atoms with Crippen molar-refractivity contribution < 1.29 is 14.3 Å². The number of nitriles is 1. The molecule has 0 radical (unpaired) electrons. The molecule has 0 aliphatic carbocycles. The van der Waals surface area contributed by atoms with Crippen LogP contribution in [0.1, 0.15) is 19.4 Å². The van der Waals surface area contributed by atoms with E-state index < -0.39 is 12.0 Å². The molecule has 29 heavy (non-hydrogen) atoms. The third-order valence-electron chi connectivity index (χ3n) is 4.09. The summed E-state index contributed by atoms with van der Waals surface area (Å²) in [5.74, 6) is -0.690. The molecule has 1 N–H and O–H groups in total. The van der Waals surface area contributed by atoms with Crippen LogP contribution < -0.4 is 10.1 Å². The number of benzene rings is 2. The molecule has 2 aromatic rings. The van der Waals surface area contributed by atoms with E-state index in [-0.39, 0.29) is 18.4 Å². The van der Waals surface area contributed by atoms with E-state index in [0.29, 0.717) is 27.0 Å². The average molecular weight is 434 g/mol. The summed E-state index contributed by atoms with van der Waals surface area (Å²) in [4.78, 5) is 26.5. The van der Waals surface area contributed by atoms with Crippen LogP contribution in [0.4, 0.5) is 5.69 Å². The van der Waals surface area contributed by atoms with Gasteiger partial charge in [-0.3, -0.25) is 9.59 Å². The maximum absolute atomic E-state index is 12.9. The Morgan fingerprint density at radius 2 is 1.76 bits per heavy atom. The first-order valence-electron chi connectivity index (χ1n) is 8.89. The van der Waals surface area contributed by atoms with Gasteiger partial charge in [0, 0.05) is 7.05 Å². The molecule has 8 heteroatoms. The lowest BCUT2D eigenvalue weighted by Gasteiger charge is -2.27. The first-order chi connectivity index (χ1) is 13.7. The van der Waals surface area contributed by atoms with E-state index in [1.807, 2.05) is 19.9 Å². The number of carbonyl (C=O) groups excluding carboxylic acids is 2. The highest BCUT2D eigenvalue weighted by Gasteiger charge is 2.29. The number of hydrogen-bond donors (Lipinski definition) is 1. The van der Waals surface area contributed by atoms with Crippen molar-refractivity contribution in [1.82, 2.24) is 4.90 Å². The second kappa shape index (κ2) is 10.1. The van der Waals surface area contributed by atoms with E-state index in [9.17, 15) is 14.9 Å². The normalized spacial score (nSPS) is 11.5. The Labute approximate surface area is 180 Å². The van der Waals surface area contributed by atoms with Crippen molar-refractivity contribution in [2.75, 3.05) is 18.9 Å². The van der Waals surface area contributed by atoms with Crippen LogP contribution in [0.3, 0.4) is 0 Å². The van der Waals surface area contributed by atoms with Crippen LogP contribution in [0.2, 0.25) is 10.0 Å². The minimum Gasteiger partial charge on any atom is -0.479 e. The van der Waals surface area contributed by atoms with Gasteiger partial charge >= 0.3 is 0 Å². The molecular formula is C21H21Cl2N3O3. The van der Waals surface area contributed by atoms with E-state index >= 15 is 0 Å². The molecule has 0 spiro atoms. The summed E-state index contributed by atoms with van der Waals surface area (Å²) in [6.07, 6.45) is -0.855. The molecule has 2 rings (SSSR count). The number of hydrogen-bond acceptors (Lipinski definition) is 4. The van der Waals surface area contributed by atoms with Crippen molar-refractivity contribution in [3.05, 3.63) is 58.1 Å². The topological polar surface area (TPSA) is 82.4 Å². The monoisotopic (exact) mass is 433 g/mol. The van der Waals surface area contributed by atoms with Gasteiger partial charge in [0.1, 0.15) is 11.8 Å². The Kier molecular flexibility index (Phi) is 7.89. The molecule has 0 aromatic heterocycles. The summed E-state index contributed by atoms with van der Waals surface area (Å²) in [5, 5.41) is 12.4. The zero-order valence-corrected chi connectivity index (χ0v) is 17.8. The molecule has 1 unspecified atom stereocenters. The van der Waals surface area contributed by atoms with E-state index in [1.54, 1.807) is 42.5 Å². The van der Waals surface area contributed by atoms with Gasteiger partial charge in [0.25, 0.3) is 5.91 Å². The standard InChI is InChI=1S/C21H21Cl2N3O3/c1-13(2)20(29-17-10-5-4-7-14(17)11-24)21(28)26(3)12-18(27)25-19-15(22)8-6-9-16(19)23/h4-10,13,20H,12H2,1-3H3,(H,25,27). The highest BCUT2D eigenvalue weighted by atomic mass is 35.5. The minimum atomic E-state index is -0.855. The molecular weight excluding hydrogens is 413 g/mol. The first-order valence-corrected chi connectivity index (χ1v) is 9.64. The van der Waals surface area contributed by atoms with E-state index in [1.165, 1.54) is 11.9 Å². The molecule has 0 heterocycles. The van der Waals surface area contributed by atoms with Gasteiger partial charge in [-0.25, -0.2) is 0 Å². The van der Waals surface area contributed by atoms with Gasteiger partial charge in [0.15, 0.2) is 6.10 Å². The fourth-order valence-corrected chi connectivity index (χ4v) is 3.07. The molecule has 2 amide bonds. The lowest BCUT2D eigenvalue weighted by atomic mass is 10.1. The number of rotatable bonds is 7. The smallest absolute Gasteiger partial charge is 0.264 e. The van der Waals surface area contributed by atoms with Crippen molar-refractivity contribution >= 4 is 40.7 Å². The van der Waals surface area contributed by atoms with Crippen molar-refractivity contribution in [2.45, 2.75) is 20.0 Å². The van der Waals surface area contributed by atoms with Gasteiger partial charge in [0.2, 0.25) is 5.91 Å². The van der Waals surface area contributed by atoms with Crippen LogP contribution >= 0.6 is 23.2 Å². The van der Waals surface area contributed by atoms with Gasteiger partial charge in [0.05, 0.1) is 27.8 Å². The van der Waals surface area contributed by atoms with E-state index in [2.05, 4.69) is 5.32 Å². The summed E-state index contributed by atoms with van der Waals surface area (Å²) in [7, 11) is 1.51. The molecule has 0 aliphatic rings. The maximum Gasteiger partial charge on any atom is 0.264 e. The van der Waals surface area contributed by atoms with Crippen LogP contribution in [-0.4, -0.2) is 36.4 Å². The van der Waals surface area contributed by atoms with Crippen molar-refractivity contribution in [1.29, 1.82) is 5.26 Å². The summed E-state index contributed by atoms with van der Waals surface area (Å²) in [6.45, 7) is 3.44. The fourth-order valence-electron chi connectivity index (χ4n) is 2.58. The highest BCUT2D eigenvalue weighted by molar-refractivity contribution is 6.39. The quantitative estimate of drug-likeness (QED) is 0.702. The van der Waals surface area contributed by atoms with Crippen LogP contribution in [-0.2, 0) is 9.59 Å². The zero-order valence-electron chi connectivity index (χ0n) is 16.3. The number of amides is 2. The lowest BCUT2D eigenvalue weighted by molar-refractivity contribution is -0.141. The number of ether oxygens (including phenoxy) is 1. The van der Waals surface area contributed by atoms with Gasteiger partial charge in [-0.2, -0.15) is 5.26 Å². The second-order valence-electron chi connectivity index (χ2n) is 6.73. The van der Waals surface area contributed by atoms with Gasteiger partial charge in [-0.15, -0.1) is 0 Å². The Morgan fingerprint density at radius 1 is 1.14 bits per heavy atom. The van der Waals surface area contributed by atoms with Gasteiger partial charge in [-0.05, 0) is 30.2 Å². The van der Waals surface area contributed by atoms with Crippen molar-refractivity contribution in [3.8, 4) is 11.8 Å². The van der Waals surface area contributed by atoms with Crippen molar-refractivity contribution in [2.24, 2.45) is 5.92 Å². The summed E-state index contributed by atoms with van der Waals surface area (Å²) in [6, 6.07) is 13.6. The third-order valence-corrected chi connectivity index (χ3v) is 4.72. The number of nitrogens with one attached hydrogen (secondary N) is 1. The molecule has 0 saturated heterocycles. The lowest BCUT2D eigenvalue weighted by Crippen LogP contribution is -2.45. The molecule has 0 aliphatic heterocycles. The molecule has 152 valence electrons. The van der Waals surface area contributed by atoms with Crippen LogP contribution in [0, 0.1) is 17.2 Å². The third kappa shape index (κ3) is 5.86. The van der Waals surface area contributed by atoms with Crippen LogP contribution in [0.15, 0.2) is 42.5 Å². The first kappa shape index (κ1) is 22.5. The number of carbonyl (C=O) groups is 2. The van der Waals surface area contributed by atoms with E-state index in [4.69, 9.17) is 27.9 Å². The average Bonchev–Trinajstić information content (AvgIpc) is 2.68. The number of nitrogens with zero attached hydrogens (tertiary/aromatic N) is 2. The highest BCUT2D eigenvalue weighted by Crippen LogP contribution is 2.29.